The molecule has 1 amide bonds. The Kier molecular flexibility index (Phi) is 3.33. The highest BCUT2D eigenvalue weighted by atomic mass is 19.4. The molecule has 88 valence electrons. The molecule has 16 heavy (non-hydrogen) atoms. The van der Waals surface area contributed by atoms with Crippen LogP contribution in [0.4, 0.5) is 17.6 Å². The van der Waals surface area contributed by atoms with Crippen LogP contribution < -0.4 is 16.0 Å². The van der Waals surface area contributed by atoms with Crippen LogP contribution in [0.1, 0.15) is 10.4 Å². The van der Waals surface area contributed by atoms with E-state index >= 15 is 0 Å². The number of ether oxygens (including phenoxy) is 1. The van der Waals surface area contributed by atoms with Gasteiger partial charge >= 0.3 is 6.36 Å². The quantitative estimate of drug-likeness (QED) is 0.353. The van der Waals surface area contributed by atoms with Gasteiger partial charge in [-0.05, 0) is 18.2 Å². The number of halogens is 4. The van der Waals surface area contributed by atoms with E-state index in [0.717, 1.165) is 6.07 Å². The predicted octanol–water partition coefficient (Wildman–Crippen LogP) is 1.33. The van der Waals surface area contributed by atoms with Crippen molar-refractivity contribution in [3.05, 3.63) is 29.6 Å². The third-order valence-electron chi connectivity index (χ3n) is 1.54. The molecule has 3 N–H and O–H groups in total. The molecule has 0 aromatic heterocycles. The number of nitrogen functional groups attached to an aromatic ring is 1. The Bertz CT molecular complexity index is 406. The Morgan fingerprint density at radius 3 is 2.50 bits per heavy atom. The van der Waals surface area contributed by atoms with Gasteiger partial charge in [-0.3, -0.25) is 10.2 Å². The van der Waals surface area contributed by atoms with Crippen LogP contribution in [0.15, 0.2) is 18.2 Å². The first kappa shape index (κ1) is 12.2. The summed E-state index contributed by atoms with van der Waals surface area (Å²) in [7, 11) is 0. The summed E-state index contributed by atoms with van der Waals surface area (Å²) in [6.07, 6.45) is -4.97. The summed E-state index contributed by atoms with van der Waals surface area (Å²) in [4.78, 5) is 11.0. The second-order valence-corrected chi connectivity index (χ2v) is 2.66. The van der Waals surface area contributed by atoms with E-state index < -0.39 is 29.4 Å². The summed E-state index contributed by atoms with van der Waals surface area (Å²) >= 11 is 0. The van der Waals surface area contributed by atoms with Crippen molar-refractivity contribution in [2.45, 2.75) is 6.36 Å². The number of carbonyl (C=O) groups excluding carboxylic acids is 1. The van der Waals surface area contributed by atoms with Gasteiger partial charge in [0.05, 0.1) is 5.56 Å². The largest absolute Gasteiger partial charge is 0.573 e. The molecular weight excluding hydrogens is 232 g/mol. The summed E-state index contributed by atoms with van der Waals surface area (Å²) in [6, 6.07) is 2.00. The van der Waals surface area contributed by atoms with Crippen LogP contribution in [0.5, 0.6) is 5.75 Å². The average Bonchev–Trinajstić information content (AvgIpc) is 2.17. The van der Waals surface area contributed by atoms with Crippen molar-refractivity contribution in [3.8, 4) is 5.75 Å². The van der Waals surface area contributed by atoms with Crippen LogP contribution in [-0.4, -0.2) is 12.3 Å². The summed E-state index contributed by atoms with van der Waals surface area (Å²) in [5.74, 6) is 1.94. The number of rotatable bonds is 2. The van der Waals surface area contributed by atoms with Crippen LogP contribution >= 0.6 is 0 Å². The number of hydrogen-bond donors (Lipinski definition) is 2. The lowest BCUT2D eigenvalue weighted by atomic mass is 10.2. The average molecular weight is 238 g/mol. The van der Waals surface area contributed by atoms with E-state index in [2.05, 4.69) is 4.74 Å². The minimum absolute atomic E-state index is 0.587. The van der Waals surface area contributed by atoms with E-state index in [1.54, 1.807) is 5.43 Å². The number of hydrogen-bond acceptors (Lipinski definition) is 3. The molecule has 8 heteroatoms. The molecular formula is C8H6F4N2O2. The van der Waals surface area contributed by atoms with E-state index in [1.165, 1.54) is 0 Å². The van der Waals surface area contributed by atoms with Crippen molar-refractivity contribution in [1.29, 1.82) is 0 Å². The molecule has 0 spiro atoms. The molecule has 1 aromatic carbocycles. The van der Waals surface area contributed by atoms with Gasteiger partial charge in [-0.2, -0.15) is 0 Å². The molecule has 1 aromatic rings. The first-order valence-electron chi connectivity index (χ1n) is 3.90. The lowest BCUT2D eigenvalue weighted by molar-refractivity contribution is -0.274. The number of carbonyl (C=O) groups is 1. The molecule has 0 saturated carbocycles. The van der Waals surface area contributed by atoms with Gasteiger partial charge in [0.15, 0.2) is 0 Å². The maximum atomic E-state index is 12.7. The SMILES string of the molecule is NNC(=O)c1cc(F)ccc1OC(F)(F)F. The molecule has 4 nitrogen and oxygen atoms in total. The highest BCUT2D eigenvalue weighted by Crippen LogP contribution is 2.26. The van der Waals surface area contributed by atoms with Crippen LogP contribution in [0.2, 0.25) is 0 Å². The van der Waals surface area contributed by atoms with Gasteiger partial charge in [0.2, 0.25) is 0 Å². The normalized spacial score (nSPS) is 11.1. The van der Waals surface area contributed by atoms with Gasteiger partial charge in [0.1, 0.15) is 11.6 Å². The second-order valence-electron chi connectivity index (χ2n) is 2.66. The number of alkyl halides is 3. The Labute approximate surface area is 87.0 Å². The lowest BCUT2D eigenvalue weighted by Gasteiger charge is -2.12. The minimum Gasteiger partial charge on any atom is -0.405 e. The van der Waals surface area contributed by atoms with Gasteiger partial charge in [0, 0.05) is 0 Å². The topological polar surface area (TPSA) is 64.3 Å². The number of hydrazine groups is 1. The molecule has 0 radical (unpaired) electrons. The van der Waals surface area contributed by atoms with Gasteiger partial charge < -0.3 is 4.74 Å². The molecule has 0 unspecified atom stereocenters. The van der Waals surface area contributed by atoms with Crippen molar-refractivity contribution in [3.63, 3.8) is 0 Å². The van der Waals surface area contributed by atoms with Crippen LogP contribution in [-0.2, 0) is 0 Å². The predicted molar refractivity (Wildman–Crippen MR) is 44.7 cm³/mol. The van der Waals surface area contributed by atoms with Gasteiger partial charge in [0.25, 0.3) is 5.91 Å². The van der Waals surface area contributed by atoms with Crippen LogP contribution in [0.3, 0.4) is 0 Å². The third kappa shape index (κ3) is 3.09. The standard InChI is InChI=1S/C8H6F4N2O2/c9-4-1-2-6(16-8(10,11)12)5(3-4)7(15)14-13/h1-3H,13H2,(H,14,15). The summed E-state index contributed by atoms with van der Waals surface area (Å²) < 4.78 is 52.0. The molecule has 0 heterocycles. The highest BCUT2D eigenvalue weighted by Gasteiger charge is 2.33. The first-order valence-corrected chi connectivity index (χ1v) is 3.90. The Hall–Kier alpha value is -1.83. The second kappa shape index (κ2) is 4.35. The zero-order chi connectivity index (χ0) is 12.3. The summed E-state index contributed by atoms with van der Waals surface area (Å²) in [5, 5.41) is 0. The van der Waals surface area contributed by atoms with Gasteiger partial charge in [-0.25, -0.2) is 10.2 Å². The van der Waals surface area contributed by atoms with E-state index in [0.29, 0.717) is 12.1 Å². The third-order valence-corrected chi connectivity index (χ3v) is 1.54. The Balaban J connectivity index is 3.13. The van der Waals surface area contributed by atoms with E-state index in [-0.39, 0.29) is 0 Å². The number of amides is 1. The van der Waals surface area contributed by atoms with Crippen molar-refractivity contribution in [1.82, 2.24) is 5.43 Å². The van der Waals surface area contributed by atoms with Crippen molar-refractivity contribution in [2.24, 2.45) is 5.84 Å². The minimum atomic E-state index is -4.97. The maximum Gasteiger partial charge on any atom is 0.573 e. The molecule has 0 atom stereocenters. The lowest BCUT2D eigenvalue weighted by Crippen LogP contribution is -2.31. The van der Waals surface area contributed by atoms with E-state index in [1.807, 2.05) is 0 Å². The van der Waals surface area contributed by atoms with Crippen LogP contribution in [0.25, 0.3) is 0 Å². The van der Waals surface area contributed by atoms with E-state index in [9.17, 15) is 22.4 Å². The van der Waals surface area contributed by atoms with Crippen molar-refractivity contribution in [2.75, 3.05) is 0 Å². The van der Waals surface area contributed by atoms with Crippen molar-refractivity contribution < 1.29 is 27.1 Å². The van der Waals surface area contributed by atoms with Crippen LogP contribution in [0, 0.1) is 5.82 Å². The zero-order valence-corrected chi connectivity index (χ0v) is 7.64. The molecule has 0 saturated heterocycles. The fourth-order valence-corrected chi connectivity index (χ4v) is 0.971. The van der Waals surface area contributed by atoms with Gasteiger partial charge in [-0.15, -0.1) is 13.2 Å². The van der Waals surface area contributed by atoms with Crippen molar-refractivity contribution >= 4 is 5.91 Å². The Morgan fingerprint density at radius 1 is 1.38 bits per heavy atom. The molecule has 1 rings (SSSR count). The smallest absolute Gasteiger partial charge is 0.405 e. The number of nitrogens with one attached hydrogen (secondary N) is 1. The monoisotopic (exact) mass is 238 g/mol. The summed E-state index contributed by atoms with van der Waals surface area (Å²) in [6.45, 7) is 0. The summed E-state index contributed by atoms with van der Waals surface area (Å²) in [5.41, 5.74) is 0.943. The highest BCUT2D eigenvalue weighted by molar-refractivity contribution is 5.96. The van der Waals surface area contributed by atoms with Gasteiger partial charge in [-0.1, -0.05) is 0 Å². The first-order chi connectivity index (χ1) is 7.33. The van der Waals surface area contributed by atoms with E-state index in [4.69, 9.17) is 5.84 Å². The molecule has 0 aliphatic rings. The molecule has 0 aliphatic heterocycles. The number of nitrogens with two attached hydrogens (primary N) is 1. The molecule has 0 aliphatic carbocycles. The fourth-order valence-electron chi connectivity index (χ4n) is 0.971. The fraction of sp³-hybridized carbons (Fsp3) is 0.125. The molecule has 0 bridgehead atoms. The zero-order valence-electron chi connectivity index (χ0n) is 7.64. The Morgan fingerprint density at radius 2 is 2.00 bits per heavy atom. The maximum absolute atomic E-state index is 12.7. The molecule has 0 fully saturated rings. The number of benzene rings is 1.